The van der Waals surface area contributed by atoms with E-state index in [0.717, 1.165) is 170 Å². The van der Waals surface area contributed by atoms with E-state index in [1.807, 2.05) is 40.0 Å². The van der Waals surface area contributed by atoms with Gasteiger partial charge in [-0.05, 0) is 178 Å². The van der Waals surface area contributed by atoms with Crippen LogP contribution in [0.25, 0.3) is 32.7 Å². The van der Waals surface area contributed by atoms with Gasteiger partial charge < -0.3 is 41.3 Å². The Bertz CT molecular complexity index is 5070. The minimum atomic E-state index is -0.481. The first-order valence-corrected chi connectivity index (χ1v) is 46.2. The predicted octanol–water partition coefficient (Wildman–Crippen LogP) is 13.6. The van der Waals surface area contributed by atoms with Crippen LogP contribution in [-0.4, -0.2) is 184 Å². The van der Waals surface area contributed by atoms with Crippen LogP contribution in [0.3, 0.4) is 0 Å². The molecule has 6 aliphatic heterocycles. The number of carbonyl (C=O) groups is 12. The third kappa shape index (κ3) is 18.9. The Kier molecular flexibility index (Phi) is 27.0. The molecule has 4 aliphatic carbocycles. The fourth-order valence-corrected chi connectivity index (χ4v) is 22.1. The number of hydrogen-bond donors (Lipinski definition) is 5. The van der Waals surface area contributed by atoms with Crippen molar-refractivity contribution < 1.29 is 57.5 Å². The molecule has 0 unspecified atom stereocenters. The van der Waals surface area contributed by atoms with Crippen LogP contribution in [0.2, 0.25) is 0 Å². The third-order valence-electron chi connectivity index (χ3n) is 28.9. The lowest BCUT2D eigenvalue weighted by Crippen LogP contribution is -2.44. The summed E-state index contributed by atoms with van der Waals surface area (Å²) in [6.07, 6.45) is 25.0. The van der Waals surface area contributed by atoms with Gasteiger partial charge in [-0.2, -0.15) is 15.3 Å². The van der Waals surface area contributed by atoms with Crippen molar-refractivity contribution in [3.05, 3.63) is 75.7 Å². The van der Waals surface area contributed by atoms with Crippen molar-refractivity contribution in [2.24, 2.45) is 45.8 Å². The number of carbonyl (C=O) groups excluding carboxylic acids is 12. The quantitative estimate of drug-likeness (QED) is 0.0596. The van der Waals surface area contributed by atoms with E-state index in [9.17, 15) is 57.5 Å². The van der Waals surface area contributed by atoms with Crippen LogP contribution in [0.15, 0.2) is 36.4 Å². The first kappa shape index (κ1) is 88.8. The van der Waals surface area contributed by atoms with Gasteiger partial charge in [-0.25, -0.2) is 0 Å². The molecule has 16 rings (SSSR count). The molecule has 5 N–H and O–H groups in total. The summed E-state index contributed by atoms with van der Waals surface area (Å²) in [5, 5.41) is 32.7. The Hall–Kier alpha value is -9.49. The molecule has 6 aromatic rings. The zero-order valence-electron chi connectivity index (χ0n) is 74.4. The topological polar surface area (TPSA) is 328 Å². The summed E-state index contributed by atoms with van der Waals surface area (Å²) < 4.78 is 5.13. The van der Waals surface area contributed by atoms with Crippen LogP contribution in [0.1, 0.15) is 297 Å². The Balaban J connectivity index is 0.000000150. The Morgan fingerprint density at radius 1 is 0.443 bits per heavy atom. The summed E-state index contributed by atoms with van der Waals surface area (Å²) in [7, 11) is 1.85. The molecule has 6 amide bonds. The second kappa shape index (κ2) is 37.1. The fraction of sp³-hybridized carbons (Fsp3) is 0.656. The monoisotopic (exact) mass is 1670 g/mol. The van der Waals surface area contributed by atoms with Crippen LogP contribution < -0.4 is 26.6 Å². The molecule has 6 bridgehead atoms. The Labute approximate surface area is 718 Å². The highest BCUT2D eigenvalue weighted by molar-refractivity contribution is 6.09. The zero-order chi connectivity index (χ0) is 87.0. The number of rotatable bonds is 15. The number of nitrogens with one attached hydrogen (secondary N) is 5. The number of benzene rings is 3. The molecule has 4 saturated carbocycles. The minimum Gasteiger partial charge on any atom is -0.388 e. The molecular formula is C96H132N14O12. The van der Waals surface area contributed by atoms with Gasteiger partial charge in [0.15, 0.2) is 34.7 Å². The van der Waals surface area contributed by atoms with Crippen LogP contribution in [-0.2, 0) is 88.5 Å². The van der Waals surface area contributed by atoms with Crippen molar-refractivity contribution in [3.63, 3.8) is 0 Å². The molecule has 658 valence electrons. The van der Waals surface area contributed by atoms with E-state index in [4.69, 9.17) is 10.2 Å². The molecule has 3 aromatic carbocycles. The van der Waals surface area contributed by atoms with Crippen molar-refractivity contribution in [1.29, 1.82) is 0 Å². The highest BCUT2D eigenvalue weighted by Gasteiger charge is 2.69. The van der Waals surface area contributed by atoms with Gasteiger partial charge >= 0.3 is 0 Å². The first-order chi connectivity index (χ1) is 58.4. The van der Waals surface area contributed by atoms with Gasteiger partial charge in [-0.1, -0.05) is 119 Å². The van der Waals surface area contributed by atoms with Gasteiger partial charge in [0, 0.05) is 154 Å². The SMILES string of the molecule is CCC(=O)[C@@H]1C[C@]23CNC(=O)C[C@@H](C)CCCCc4cc(CC(C)C)cc5c(C(C)=O)nn(c45)CC(=O)N1[C@@H]2C3.CCC(=O)[C@@H]1C[C@]23CNC(=O)C[C@@H](C)CCCCc4cc(NC)cc5c(C(C)=O)nn(c45)CC(=O)N1[C@@H]2C3.CCC(=O)[C@@H]1C[C@]23CNC(=O)C[C@@H](C)CCCCc4cc(NCC5CCCCC5)cc5c(C(C)=O)nn(c45)CC(=O)N1[C@@H]2C3. The molecule has 12 atom stereocenters. The van der Waals surface area contributed by atoms with E-state index in [2.05, 4.69) is 90.6 Å². The van der Waals surface area contributed by atoms with E-state index in [0.29, 0.717) is 106 Å². The lowest BCUT2D eigenvalue weighted by Gasteiger charge is -2.26. The van der Waals surface area contributed by atoms with Gasteiger partial charge in [0.2, 0.25) is 35.4 Å². The Morgan fingerprint density at radius 2 is 0.779 bits per heavy atom. The summed E-state index contributed by atoms with van der Waals surface area (Å²) in [5.74, 6) is 1.44. The molecule has 9 heterocycles. The molecule has 26 heteroatoms. The number of aryl methyl sites for hydroxylation is 3. The molecular weight excluding hydrogens is 1540 g/mol. The third-order valence-corrected chi connectivity index (χ3v) is 28.9. The number of ketones is 6. The highest BCUT2D eigenvalue weighted by Crippen LogP contribution is 2.62. The van der Waals surface area contributed by atoms with Crippen LogP contribution in [0.4, 0.5) is 11.4 Å². The number of anilines is 2. The molecule has 0 spiro atoms. The Morgan fingerprint density at radius 3 is 1.12 bits per heavy atom. The summed E-state index contributed by atoms with van der Waals surface area (Å²) in [6.45, 7) is 23.2. The summed E-state index contributed by atoms with van der Waals surface area (Å²) in [4.78, 5) is 163. The summed E-state index contributed by atoms with van der Waals surface area (Å²) in [5.41, 5.74) is 9.29. The number of Topliss-reactive ketones (excluding diaryl/α,β-unsaturated/α-hetero) is 6. The van der Waals surface area contributed by atoms with E-state index in [1.165, 1.54) is 51.5 Å². The van der Waals surface area contributed by atoms with Crippen molar-refractivity contribution in [1.82, 2.24) is 60.0 Å². The van der Waals surface area contributed by atoms with Crippen molar-refractivity contribution in [2.75, 3.05) is 43.9 Å². The molecule has 26 nitrogen and oxygen atoms in total. The van der Waals surface area contributed by atoms with E-state index >= 15 is 0 Å². The van der Waals surface area contributed by atoms with Crippen LogP contribution >= 0.6 is 0 Å². The summed E-state index contributed by atoms with van der Waals surface area (Å²) in [6, 6.07) is 10.9. The fourth-order valence-electron chi connectivity index (χ4n) is 22.1. The van der Waals surface area contributed by atoms with Crippen molar-refractivity contribution >= 4 is 114 Å². The second-order valence-corrected chi connectivity index (χ2v) is 38.9. The molecule has 122 heavy (non-hydrogen) atoms. The maximum absolute atomic E-state index is 14.1. The maximum Gasteiger partial charge on any atom is 0.245 e. The number of nitrogens with zero attached hydrogens (tertiary/aromatic N) is 9. The van der Waals surface area contributed by atoms with E-state index in [1.54, 1.807) is 35.7 Å². The van der Waals surface area contributed by atoms with Gasteiger partial charge in [-0.15, -0.1) is 0 Å². The maximum atomic E-state index is 14.1. The van der Waals surface area contributed by atoms with Crippen molar-refractivity contribution in [3.8, 4) is 0 Å². The second-order valence-electron chi connectivity index (χ2n) is 38.9. The van der Waals surface area contributed by atoms with Gasteiger partial charge in [0.1, 0.15) is 36.7 Å². The number of piperidine rings is 3. The van der Waals surface area contributed by atoms with Gasteiger partial charge in [-0.3, -0.25) is 71.6 Å². The van der Waals surface area contributed by atoms with Gasteiger partial charge in [0.05, 0.1) is 34.7 Å². The molecule has 3 saturated heterocycles. The standard InChI is InChI=1S/C35H49N5O4.C32H44N4O4.C29H39N5O4/c1-4-29(42)28-17-35-18-30(35)40(28)32(44)20-39-34-25(13-9-8-10-22(2)14-31(43)37-21-35)15-26(16-27(34)33(38-39)23(3)41)36-19-24-11-6-5-7-12-24;1-6-26(38)25-15-32-16-27(32)36(25)29(40)17-35-31-23(10-8-7-9-20(4)12-28(39)33-18-32)13-22(11-19(2)3)14-24(31)30(34-35)21(5)37;1-5-23(36)22-13-29-14-24(29)34(22)26(38)15-33-28-19(9-7-6-8-17(2)10-25(37)31-16-29)11-20(30-4)12-21(28)27(32-33)18(3)35/h15-16,22,24,28,30,36H,4-14,17-21H2,1-3H3,(H,37,43);13-14,19-20,25,27H,6-12,15-18H2,1-5H3,(H,33,39);11-12,17,22,24,30H,5-10,13-16H2,1-4H3,(H,31,37)/t22-,28-,30+,35-;20-,25-,27+,32-;17-,22-,24+,29-/m000/s1. The normalized spacial score (nSPS) is 27.9. The zero-order valence-corrected chi connectivity index (χ0v) is 74.4. The number of hydrogen-bond acceptors (Lipinski definition) is 17. The predicted molar refractivity (Wildman–Crippen MR) is 470 cm³/mol. The minimum absolute atomic E-state index is 0.0101. The highest BCUT2D eigenvalue weighted by atomic mass is 16.2. The largest absolute Gasteiger partial charge is 0.388 e. The first-order valence-electron chi connectivity index (χ1n) is 46.2. The summed E-state index contributed by atoms with van der Waals surface area (Å²) >= 11 is 0. The number of amides is 6. The average Bonchev–Trinajstić information content (AvgIpc) is 1.54. The molecule has 10 aliphatic rings. The smallest absolute Gasteiger partial charge is 0.245 e. The van der Waals surface area contributed by atoms with E-state index in [-0.39, 0.29) is 142 Å². The van der Waals surface area contributed by atoms with Crippen LogP contribution in [0, 0.1) is 45.8 Å². The number of aromatic nitrogens is 6. The molecule has 7 fully saturated rings. The average molecular weight is 1670 g/mol. The molecule has 3 aromatic heterocycles. The van der Waals surface area contributed by atoms with Crippen molar-refractivity contribution in [2.45, 2.75) is 325 Å². The lowest BCUT2D eigenvalue weighted by atomic mass is 9.89. The van der Waals surface area contributed by atoms with Crippen LogP contribution in [0.5, 0.6) is 0 Å². The lowest BCUT2D eigenvalue weighted by molar-refractivity contribution is -0.139. The van der Waals surface area contributed by atoms with Gasteiger partial charge in [0.25, 0.3) is 0 Å². The van der Waals surface area contributed by atoms with E-state index < -0.39 is 18.1 Å². The molecule has 0 radical (unpaired) electrons.